The molecule has 2 rings (SSSR count). The van der Waals surface area contributed by atoms with Gasteiger partial charge in [0.2, 0.25) is 0 Å². The monoisotopic (exact) mass is 327 g/mol. The van der Waals surface area contributed by atoms with Crippen LogP contribution in [-0.2, 0) is 11.4 Å². The first-order valence-corrected chi connectivity index (χ1v) is 7.22. The summed E-state index contributed by atoms with van der Waals surface area (Å²) in [5.41, 5.74) is 3.86. The van der Waals surface area contributed by atoms with E-state index >= 15 is 0 Å². The van der Waals surface area contributed by atoms with E-state index in [0.717, 1.165) is 5.56 Å². The number of rotatable bonds is 6. The summed E-state index contributed by atoms with van der Waals surface area (Å²) in [5.74, 6) is 0.156. The number of hydrogen-bond donors (Lipinski definition) is 1. The smallest absolute Gasteiger partial charge is 0.254 e. The fourth-order valence-electron chi connectivity index (χ4n) is 1.77. The van der Waals surface area contributed by atoms with Gasteiger partial charge in [-0.15, -0.1) is 0 Å². The Morgan fingerprint density at radius 1 is 1.26 bits per heavy atom. The number of amides is 1. The van der Waals surface area contributed by atoms with Gasteiger partial charge >= 0.3 is 0 Å². The first-order chi connectivity index (χ1) is 11.2. The highest BCUT2D eigenvalue weighted by atomic mass is 35.5. The molecule has 0 saturated carbocycles. The van der Waals surface area contributed by atoms with Gasteiger partial charge in [-0.25, -0.2) is 5.43 Å². The molecule has 23 heavy (non-hydrogen) atoms. The number of carbonyl (C=O) groups excluding carboxylic acids is 1. The molecule has 0 aliphatic heterocycles. The van der Waals surface area contributed by atoms with E-state index in [-0.39, 0.29) is 6.42 Å². The van der Waals surface area contributed by atoms with Gasteiger partial charge in [0.05, 0.1) is 12.3 Å². The zero-order chi connectivity index (χ0) is 16.5. The van der Waals surface area contributed by atoms with E-state index in [2.05, 4.69) is 10.5 Å². The normalized spacial score (nSPS) is 10.3. The van der Waals surface area contributed by atoms with Crippen molar-refractivity contribution in [1.29, 1.82) is 5.26 Å². The van der Waals surface area contributed by atoms with E-state index in [1.807, 2.05) is 36.4 Å². The lowest BCUT2D eigenvalue weighted by molar-refractivity contribution is -0.120. The van der Waals surface area contributed by atoms with Crippen molar-refractivity contribution in [3.63, 3.8) is 0 Å². The minimum Gasteiger partial charge on any atom is -0.488 e. The van der Waals surface area contributed by atoms with Crippen LogP contribution >= 0.6 is 11.6 Å². The lowest BCUT2D eigenvalue weighted by atomic mass is 10.2. The molecule has 6 heteroatoms. The second-order valence-electron chi connectivity index (χ2n) is 4.55. The molecule has 0 bridgehead atoms. The van der Waals surface area contributed by atoms with Crippen molar-refractivity contribution < 1.29 is 9.53 Å². The fourth-order valence-corrected chi connectivity index (χ4v) is 1.97. The van der Waals surface area contributed by atoms with Gasteiger partial charge < -0.3 is 4.74 Å². The van der Waals surface area contributed by atoms with E-state index in [1.165, 1.54) is 6.21 Å². The van der Waals surface area contributed by atoms with E-state index < -0.39 is 5.91 Å². The summed E-state index contributed by atoms with van der Waals surface area (Å²) >= 11 is 6.10. The SMILES string of the molecule is N#CCC(=O)NN=Cc1ccccc1OCc1ccccc1Cl. The van der Waals surface area contributed by atoms with Gasteiger partial charge in [-0.3, -0.25) is 4.79 Å². The number of carbonyl (C=O) groups is 1. The highest BCUT2D eigenvalue weighted by molar-refractivity contribution is 6.31. The second kappa shape index (κ2) is 8.57. The summed E-state index contributed by atoms with van der Waals surface area (Å²) in [7, 11) is 0. The quantitative estimate of drug-likeness (QED) is 0.653. The molecule has 0 fully saturated rings. The highest BCUT2D eigenvalue weighted by Gasteiger charge is 2.04. The molecular formula is C17H14ClN3O2. The van der Waals surface area contributed by atoms with Crippen molar-refractivity contribution >= 4 is 23.7 Å². The Kier molecular flexibility index (Phi) is 6.16. The summed E-state index contributed by atoms with van der Waals surface area (Å²) in [5, 5.41) is 12.9. The van der Waals surface area contributed by atoms with Crippen LogP contribution in [0.1, 0.15) is 17.5 Å². The molecule has 0 radical (unpaired) electrons. The van der Waals surface area contributed by atoms with Crippen LogP contribution in [0.25, 0.3) is 0 Å². The molecule has 1 N–H and O–H groups in total. The average molecular weight is 328 g/mol. The number of nitrogens with zero attached hydrogens (tertiary/aromatic N) is 2. The number of nitriles is 1. The minimum absolute atomic E-state index is 0.234. The molecule has 0 unspecified atom stereocenters. The summed E-state index contributed by atoms with van der Waals surface area (Å²) < 4.78 is 5.77. The van der Waals surface area contributed by atoms with Crippen molar-refractivity contribution in [3.05, 3.63) is 64.7 Å². The third-order valence-electron chi connectivity index (χ3n) is 2.89. The first-order valence-electron chi connectivity index (χ1n) is 6.85. The van der Waals surface area contributed by atoms with Crippen molar-refractivity contribution in [1.82, 2.24) is 5.43 Å². The Morgan fingerprint density at radius 2 is 2.00 bits per heavy atom. The van der Waals surface area contributed by atoms with Crippen LogP contribution < -0.4 is 10.2 Å². The Labute approximate surface area is 139 Å². The lowest BCUT2D eigenvalue weighted by Crippen LogP contribution is -2.16. The highest BCUT2D eigenvalue weighted by Crippen LogP contribution is 2.20. The number of hydrazone groups is 1. The number of benzene rings is 2. The van der Waals surface area contributed by atoms with E-state index in [4.69, 9.17) is 21.6 Å². The van der Waals surface area contributed by atoms with Crippen molar-refractivity contribution in [2.45, 2.75) is 13.0 Å². The van der Waals surface area contributed by atoms with Crippen LogP contribution in [0.3, 0.4) is 0 Å². The van der Waals surface area contributed by atoms with Gasteiger partial charge in [0.15, 0.2) is 0 Å². The first kappa shape index (κ1) is 16.5. The number of hydrogen-bond acceptors (Lipinski definition) is 4. The van der Waals surface area contributed by atoms with Crippen LogP contribution in [-0.4, -0.2) is 12.1 Å². The Hall–Kier alpha value is -2.84. The van der Waals surface area contributed by atoms with Gasteiger partial charge in [0.25, 0.3) is 5.91 Å². The summed E-state index contributed by atoms with van der Waals surface area (Å²) in [6.45, 7) is 0.325. The van der Waals surface area contributed by atoms with Gasteiger partial charge in [-0.2, -0.15) is 10.4 Å². The molecule has 116 valence electrons. The molecule has 0 aliphatic carbocycles. The van der Waals surface area contributed by atoms with Crippen LogP contribution in [0.2, 0.25) is 5.02 Å². The molecule has 5 nitrogen and oxygen atoms in total. The van der Waals surface area contributed by atoms with Crippen LogP contribution in [0, 0.1) is 11.3 Å². The number of halogens is 1. The topological polar surface area (TPSA) is 74.5 Å². The molecular weight excluding hydrogens is 314 g/mol. The minimum atomic E-state index is -0.460. The van der Waals surface area contributed by atoms with Gasteiger partial charge in [-0.1, -0.05) is 41.9 Å². The van der Waals surface area contributed by atoms with E-state index in [1.54, 1.807) is 18.2 Å². The molecule has 2 aromatic carbocycles. The molecule has 0 atom stereocenters. The maximum absolute atomic E-state index is 11.2. The standard InChI is InChI=1S/C17H14ClN3O2/c18-15-7-3-1-6-14(15)12-23-16-8-4-2-5-13(16)11-20-21-17(22)9-10-19/h1-8,11H,9,12H2,(H,21,22). The van der Waals surface area contributed by atoms with Gasteiger partial charge in [-0.05, 0) is 18.2 Å². The molecule has 0 saturated heterocycles. The van der Waals surface area contributed by atoms with Crippen molar-refractivity contribution in [2.75, 3.05) is 0 Å². The lowest BCUT2D eigenvalue weighted by Gasteiger charge is -2.10. The summed E-state index contributed by atoms with van der Waals surface area (Å²) in [4.78, 5) is 11.2. The molecule has 0 heterocycles. The number of nitrogens with one attached hydrogen (secondary N) is 1. The molecule has 0 aliphatic rings. The Morgan fingerprint density at radius 3 is 2.78 bits per heavy atom. The second-order valence-corrected chi connectivity index (χ2v) is 4.95. The van der Waals surface area contributed by atoms with E-state index in [0.29, 0.717) is 22.9 Å². The van der Waals surface area contributed by atoms with Crippen LogP contribution in [0.5, 0.6) is 5.75 Å². The maximum atomic E-state index is 11.2. The summed E-state index contributed by atoms with van der Waals surface area (Å²) in [6.07, 6.45) is 1.24. The zero-order valence-electron chi connectivity index (χ0n) is 12.2. The Balaban J connectivity index is 2.03. The van der Waals surface area contributed by atoms with Gasteiger partial charge in [0.1, 0.15) is 18.8 Å². The maximum Gasteiger partial charge on any atom is 0.254 e. The third-order valence-corrected chi connectivity index (χ3v) is 3.26. The molecule has 2 aromatic rings. The van der Waals surface area contributed by atoms with Gasteiger partial charge in [0, 0.05) is 16.1 Å². The third kappa shape index (κ3) is 5.13. The van der Waals surface area contributed by atoms with Crippen LogP contribution in [0.15, 0.2) is 53.6 Å². The fraction of sp³-hybridized carbons (Fsp3) is 0.118. The predicted octanol–water partition coefficient (Wildman–Crippen LogP) is 3.28. The summed E-state index contributed by atoms with van der Waals surface area (Å²) in [6, 6.07) is 16.5. The van der Waals surface area contributed by atoms with Crippen molar-refractivity contribution in [2.24, 2.45) is 5.10 Å². The molecule has 1 amide bonds. The largest absolute Gasteiger partial charge is 0.488 e. The average Bonchev–Trinajstić information content (AvgIpc) is 2.55. The zero-order valence-corrected chi connectivity index (χ0v) is 13.0. The molecule has 0 spiro atoms. The number of para-hydroxylation sites is 1. The number of ether oxygens (including phenoxy) is 1. The predicted molar refractivity (Wildman–Crippen MR) is 88.2 cm³/mol. The Bertz CT molecular complexity index is 753. The van der Waals surface area contributed by atoms with Crippen LogP contribution in [0.4, 0.5) is 0 Å². The molecule has 0 aromatic heterocycles. The van der Waals surface area contributed by atoms with Crippen molar-refractivity contribution in [3.8, 4) is 11.8 Å². The van der Waals surface area contributed by atoms with E-state index in [9.17, 15) is 4.79 Å².